The third kappa shape index (κ3) is 32.8. The quantitative estimate of drug-likeness (QED) is 0.0393. The molecular weight excluding hydrogens is 594 g/mol. The van der Waals surface area contributed by atoms with E-state index >= 15 is 0 Å². The largest absolute Gasteiger partial charge is 0.394 e. The summed E-state index contributed by atoms with van der Waals surface area (Å²) in [6.45, 7) is 4.14. The van der Waals surface area contributed by atoms with Crippen molar-refractivity contribution in [1.29, 1.82) is 0 Å². The molecule has 0 fully saturated rings. The van der Waals surface area contributed by atoms with Crippen LogP contribution in [0.3, 0.4) is 0 Å². The van der Waals surface area contributed by atoms with Crippen molar-refractivity contribution < 1.29 is 20.1 Å². The fourth-order valence-corrected chi connectivity index (χ4v) is 5.86. The number of carbonyl (C=O) groups excluding carboxylic acids is 1. The molecule has 4 N–H and O–H groups in total. The molecule has 3 atom stereocenters. The number of carbonyl (C=O) groups is 1. The van der Waals surface area contributed by atoms with Gasteiger partial charge in [0.25, 0.3) is 0 Å². The third-order valence-corrected chi connectivity index (χ3v) is 9.12. The van der Waals surface area contributed by atoms with E-state index in [1.165, 1.54) is 116 Å². The topological polar surface area (TPSA) is 89.8 Å². The summed E-state index contributed by atoms with van der Waals surface area (Å²) in [5, 5.41) is 33.0. The molecule has 280 valence electrons. The van der Waals surface area contributed by atoms with Crippen molar-refractivity contribution in [3.05, 3.63) is 48.6 Å². The van der Waals surface area contributed by atoms with Crippen LogP contribution in [0.25, 0.3) is 0 Å². The van der Waals surface area contributed by atoms with Crippen LogP contribution < -0.4 is 5.32 Å². The summed E-state index contributed by atoms with van der Waals surface area (Å²) in [5.41, 5.74) is 0. The second-order valence-corrected chi connectivity index (χ2v) is 13.8. The Kier molecular flexibility index (Phi) is 36.8. The highest BCUT2D eigenvalue weighted by Gasteiger charge is 2.22. The van der Waals surface area contributed by atoms with Crippen LogP contribution in [0.5, 0.6) is 0 Å². The number of aliphatic hydroxyl groups is 3. The summed E-state index contributed by atoms with van der Waals surface area (Å²) in [7, 11) is 0. The smallest absolute Gasteiger partial charge is 0.249 e. The Labute approximate surface area is 297 Å². The van der Waals surface area contributed by atoms with Crippen LogP contribution in [-0.2, 0) is 4.79 Å². The average Bonchev–Trinajstić information content (AvgIpc) is 3.09. The Hall–Kier alpha value is -1.69. The van der Waals surface area contributed by atoms with E-state index in [1.54, 1.807) is 6.08 Å². The Morgan fingerprint density at radius 3 is 1.27 bits per heavy atom. The van der Waals surface area contributed by atoms with Gasteiger partial charge in [0.05, 0.1) is 18.8 Å². The SMILES string of the molecule is CCCCCCCCC/C=C/CC/C=C/CC/C=C/C(O)C(CO)NC(=O)C(O)CCCCCC/C=C\CCCCCCCCCCC. The second-order valence-electron chi connectivity index (χ2n) is 13.8. The number of aliphatic hydroxyl groups excluding tert-OH is 3. The first-order chi connectivity index (χ1) is 23.6. The Morgan fingerprint density at radius 2 is 0.854 bits per heavy atom. The highest BCUT2D eigenvalue weighted by atomic mass is 16.3. The summed E-state index contributed by atoms with van der Waals surface area (Å²) in [4.78, 5) is 12.4. The summed E-state index contributed by atoms with van der Waals surface area (Å²) in [5.74, 6) is -0.527. The number of unbranched alkanes of at least 4 members (excludes halogenated alkanes) is 22. The minimum atomic E-state index is -1.12. The van der Waals surface area contributed by atoms with E-state index in [2.05, 4.69) is 55.6 Å². The van der Waals surface area contributed by atoms with Crippen LogP contribution in [0.15, 0.2) is 48.6 Å². The molecule has 48 heavy (non-hydrogen) atoms. The molecule has 0 saturated carbocycles. The normalized spacial score (nSPS) is 14.2. The molecular formula is C43H79NO4. The molecule has 0 aromatic carbocycles. The third-order valence-electron chi connectivity index (χ3n) is 9.12. The van der Waals surface area contributed by atoms with Crippen LogP contribution in [-0.4, -0.2) is 46.1 Å². The van der Waals surface area contributed by atoms with Crippen LogP contribution in [0.2, 0.25) is 0 Å². The minimum Gasteiger partial charge on any atom is -0.394 e. The first kappa shape index (κ1) is 46.3. The van der Waals surface area contributed by atoms with Crippen molar-refractivity contribution in [3.8, 4) is 0 Å². The summed E-state index contributed by atoms with van der Waals surface area (Å²) in [6, 6.07) is -0.825. The number of amides is 1. The van der Waals surface area contributed by atoms with E-state index in [0.29, 0.717) is 6.42 Å². The first-order valence-electron chi connectivity index (χ1n) is 20.5. The fraction of sp³-hybridized carbons (Fsp3) is 0.791. The van der Waals surface area contributed by atoms with Gasteiger partial charge in [-0.05, 0) is 70.6 Å². The molecule has 5 heteroatoms. The maximum Gasteiger partial charge on any atom is 0.249 e. The van der Waals surface area contributed by atoms with Gasteiger partial charge in [-0.1, -0.05) is 172 Å². The van der Waals surface area contributed by atoms with E-state index in [0.717, 1.165) is 57.8 Å². The van der Waals surface area contributed by atoms with Crippen LogP contribution in [0, 0.1) is 0 Å². The molecule has 5 nitrogen and oxygen atoms in total. The molecule has 0 rings (SSSR count). The maximum absolute atomic E-state index is 12.4. The van der Waals surface area contributed by atoms with Gasteiger partial charge in [0, 0.05) is 0 Å². The predicted octanol–water partition coefficient (Wildman–Crippen LogP) is 11.4. The van der Waals surface area contributed by atoms with E-state index in [4.69, 9.17) is 0 Å². The number of nitrogens with one attached hydrogen (secondary N) is 1. The van der Waals surface area contributed by atoms with Gasteiger partial charge in [-0.3, -0.25) is 4.79 Å². The van der Waals surface area contributed by atoms with Crippen molar-refractivity contribution in [2.75, 3.05) is 6.61 Å². The molecule has 0 radical (unpaired) electrons. The van der Waals surface area contributed by atoms with E-state index in [9.17, 15) is 20.1 Å². The highest BCUT2D eigenvalue weighted by molar-refractivity contribution is 5.80. The lowest BCUT2D eigenvalue weighted by molar-refractivity contribution is -0.131. The van der Waals surface area contributed by atoms with Gasteiger partial charge in [-0.15, -0.1) is 0 Å². The van der Waals surface area contributed by atoms with Crippen molar-refractivity contribution >= 4 is 5.91 Å². The molecule has 0 aliphatic heterocycles. The number of hydrogen-bond donors (Lipinski definition) is 4. The molecule has 0 aromatic rings. The Morgan fingerprint density at radius 1 is 0.500 bits per heavy atom. The molecule has 1 amide bonds. The van der Waals surface area contributed by atoms with Gasteiger partial charge in [-0.25, -0.2) is 0 Å². The zero-order valence-electron chi connectivity index (χ0n) is 31.6. The summed E-state index contributed by atoms with van der Waals surface area (Å²) in [6.07, 6.45) is 48.4. The van der Waals surface area contributed by atoms with Gasteiger partial charge >= 0.3 is 0 Å². The lowest BCUT2D eigenvalue weighted by Gasteiger charge is -2.21. The van der Waals surface area contributed by atoms with Crippen LogP contribution in [0.4, 0.5) is 0 Å². The molecule has 0 aliphatic carbocycles. The van der Waals surface area contributed by atoms with Crippen molar-refractivity contribution in [3.63, 3.8) is 0 Å². The van der Waals surface area contributed by atoms with Crippen molar-refractivity contribution in [2.24, 2.45) is 0 Å². The zero-order chi connectivity index (χ0) is 35.2. The number of allylic oxidation sites excluding steroid dienone is 7. The average molecular weight is 674 g/mol. The van der Waals surface area contributed by atoms with E-state index < -0.39 is 24.2 Å². The maximum atomic E-state index is 12.4. The van der Waals surface area contributed by atoms with Gasteiger partial charge in [0.15, 0.2) is 0 Å². The molecule has 0 aliphatic rings. The monoisotopic (exact) mass is 674 g/mol. The summed E-state index contributed by atoms with van der Waals surface area (Å²) < 4.78 is 0. The van der Waals surface area contributed by atoms with Crippen LogP contribution >= 0.6 is 0 Å². The fourth-order valence-electron chi connectivity index (χ4n) is 5.86. The molecule has 0 saturated heterocycles. The summed E-state index contributed by atoms with van der Waals surface area (Å²) >= 11 is 0. The van der Waals surface area contributed by atoms with Gasteiger partial charge in [0.1, 0.15) is 6.10 Å². The Balaban J connectivity index is 3.81. The minimum absolute atomic E-state index is 0.386. The van der Waals surface area contributed by atoms with Crippen molar-refractivity contribution in [1.82, 2.24) is 5.32 Å². The standard InChI is InChI=1S/C43H79NO4/c1-3-5-7-9-11-13-15-17-19-21-23-25-27-29-31-33-35-37-41(46)40(39-45)44-43(48)42(47)38-36-34-32-30-28-26-24-22-20-18-16-14-12-10-8-6-4-2/h19,21,24,26-27,29,35,37,40-42,45-47H,3-18,20,22-23,25,28,30-34,36,38-39H2,1-2H3,(H,44,48)/b21-19+,26-24-,29-27+,37-35+. The number of rotatable bonds is 36. The zero-order valence-corrected chi connectivity index (χ0v) is 31.6. The predicted molar refractivity (Wildman–Crippen MR) is 208 cm³/mol. The highest BCUT2D eigenvalue weighted by Crippen LogP contribution is 2.13. The van der Waals surface area contributed by atoms with E-state index in [1.807, 2.05) is 6.08 Å². The molecule has 0 spiro atoms. The Bertz CT molecular complexity index is 790. The molecule has 0 bridgehead atoms. The first-order valence-corrected chi connectivity index (χ1v) is 20.5. The van der Waals surface area contributed by atoms with Crippen molar-refractivity contribution in [2.45, 2.75) is 212 Å². The number of hydrogen-bond acceptors (Lipinski definition) is 4. The lowest BCUT2D eigenvalue weighted by Crippen LogP contribution is -2.48. The lowest BCUT2D eigenvalue weighted by atomic mass is 10.1. The van der Waals surface area contributed by atoms with Gasteiger partial charge < -0.3 is 20.6 Å². The molecule has 3 unspecified atom stereocenters. The molecule has 0 aromatic heterocycles. The second kappa shape index (κ2) is 38.1. The van der Waals surface area contributed by atoms with E-state index in [-0.39, 0.29) is 6.61 Å². The van der Waals surface area contributed by atoms with Gasteiger partial charge in [0.2, 0.25) is 5.91 Å². The van der Waals surface area contributed by atoms with Crippen LogP contribution in [0.1, 0.15) is 194 Å². The van der Waals surface area contributed by atoms with Gasteiger partial charge in [-0.2, -0.15) is 0 Å². The molecule has 0 heterocycles.